The fourth-order valence-electron chi connectivity index (χ4n) is 6.14. The number of benzene rings is 1. The number of hydrogen-bond donors (Lipinski definition) is 5. The number of primary amides is 1. The molecule has 37 heavy (non-hydrogen) atoms. The number of phenols is 1. The zero-order valence-corrected chi connectivity index (χ0v) is 20.8. The molecule has 2 saturated carbocycles. The van der Waals surface area contributed by atoms with Gasteiger partial charge in [-0.25, -0.2) is 0 Å². The van der Waals surface area contributed by atoms with E-state index in [2.05, 4.69) is 0 Å². The number of nitrogens with two attached hydrogens (primary N) is 1. The van der Waals surface area contributed by atoms with Crippen LogP contribution in [-0.4, -0.2) is 105 Å². The first kappa shape index (κ1) is 26.5. The van der Waals surface area contributed by atoms with Crippen LogP contribution in [0.5, 0.6) is 5.75 Å². The molecule has 198 valence electrons. The highest BCUT2D eigenvalue weighted by molar-refractivity contribution is 6.43. The highest BCUT2D eigenvalue weighted by Gasteiger charge is 2.67. The van der Waals surface area contributed by atoms with Gasteiger partial charge in [0.1, 0.15) is 17.4 Å². The van der Waals surface area contributed by atoms with Crippen molar-refractivity contribution >= 4 is 34.9 Å². The average molecular weight is 516 g/mol. The maximum Gasteiger partial charge on any atom is 0.294 e. The second-order valence-electron chi connectivity index (χ2n) is 10.3. The van der Waals surface area contributed by atoms with Crippen LogP contribution in [-0.2, 0) is 25.6 Å². The van der Waals surface area contributed by atoms with Crippen LogP contribution in [0.4, 0.5) is 0 Å². The number of aliphatic hydroxyl groups excluding tert-OH is 2. The van der Waals surface area contributed by atoms with Crippen LogP contribution in [0, 0.1) is 17.8 Å². The van der Waals surface area contributed by atoms with E-state index in [0.717, 1.165) is 11.0 Å². The van der Waals surface area contributed by atoms with Crippen molar-refractivity contribution in [3.8, 4) is 5.75 Å². The van der Waals surface area contributed by atoms with Crippen molar-refractivity contribution in [2.75, 3.05) is 28.2 Å². The summed E-state index contributed by atoms with van der Waals surface area (Å²) in [5.41, 5.74) is 2.07. The van der Waals surface area contributed by atoms with E-state index in [4.69, 9.17) is 5.73 Å². The van der Waals surface area contributed by atoms with Gasteiger partial charge in [0.2, 0.25) is 11.7 Å². The van der Waals surface area contributed by atoms with Crippen LogP contribution in [0.15, 0.2) is 17.7 Å². The summed E-state index contributed by atoms with van der Waals surface area (Å²) in [6.07, 6.45) is -1.78. The fraction of sp³-hybridized carbons (Fsp3) is 0.480. The van der Waals surface area contributed by atoms with Gasteiger partial charge in [-0.2, -0.15) is 0 Å². The zero-order valence-electron chi connectivity index (χ0n) is 20.8. The lowest BCUT2D eigenvalue weighted by Crippen LogP contribution is -2.73. The number of ketones is 3. The Labute approximate surface area is 212 Å². The van der Waals surface area contributed by atoms with Gasteiger partial charge in [0.15, 0.2) is 11.4 Å². The van der Waals surface area contributed by atoms with Gasteiger partial charge in [0, 0.05) is 37.2 Å². The number of fused-ring (bicyclic) bond motifs is 3. The smallest absolute Gasteiger partial charge is 0.294 e. The Balaban J connectivity index is 1.92. The molecule has 6 atom stereocenters. The summed E-state index contributed by atoms with van der Waals surface area (Å²) in [5.74, 6) is -10.4. The van der Waals surface area contributed by atoms with Crippen LogP contribution in [0.25, 0.3) is 5.76 Å². The van der Waals surface area contributed by atoms with E-state index in [9.17, 15) is 44.4 Å². The summed E-state index contributed by atoms with van der Waals surface area (Å²) in [7, 11) is 5.89. The normalized spacial score (nSPS) is 30.9. The molecule has 6 N–H and O–H groups in total. The van der Waals surface area contributed by atoms with Gasteiger partial charge in [-0.3, -0.25) is 24.0 Å². The minimum Gasteiger partial charge on any atom is -0.507 e. The van der Waals surface area contributed by atoms with E-state index < -0.39 is 76.2 Å². The van der Waals surface area contributed by atoms with E-state index in [1.54, 1.807) is 14.1 Å². The van der Waals surface area contributed by atoms with Gasteiger partial charge in [-0.15, -0.1) is 0 Å². The van der Waals surface area contributed by atoms with Crippen molar-refractivity contribution in [1.29, 1.82) is 0 Å². The number of phenolic OH excluding ortho intramolecular Hbond substituents is 1. The second-order valence-corrected chi connectivity index (χ2v) is 10.3. The van der Waals surface area contributed by atoms with E-state index >= 15 is 0 Å². The Morgan fingerprint density at radius 2 is 1.70 bits per heavy atom. The molecule has 3 aliphatic rings. The third-order valence-corrected chi connectivity index (χ3v) is 7.82. The lowest BCUT2D eigenvalue weighted by molar-refractivity contribution is -0.184. The Morgan fingerprint density at radius 1 is 1.08 bits per heavy atom. The lowest BCUT2D eigenvalue weighted by Gasteiger charge is -2.53. The van der Waals surface area contributed by atoms with Crippen molar-refractivity contribution in [2.24, 2.45) is 23.5 Å². The predicted molar refractivity (Wildman–Crippen MR) is 127 cm³/mol. The quantitative estimate of drug-likeness (QED) is 0.177. The van der Waals surface area contributed by atoms with Gasteiger partial charge < -0.3 is 36.0 Å². The van der Waals surface area contributed by atoms with Crippen molar-refractivity contribution in [1.82, 2.24) is 9.80 Å². The number of rotatable bonds is 4. The minimum atomic E-state index is -2.77. The monoisotopic (exact) mass is 515 g/mol. The van der Waals surface area contributed by atoms with Crippen LogP contribution in [0.2, 0.25) is 0 Å². The first-order valence-corrected chi connectivity index (χ1v) is 11.7. The molecular formula is C25H29N3O9. The van der Waals surface area contributed by atoms with Gasteiger partial charge in [0.05, 0.1) is 11.7 Å². The first-order chi connectivity index (χ1) is 17.2. The van der Waals surface area contributed by atoms with Crippen LogP contribution < -0.4 is 5.73 Å². The van der Waals surface area contributed by atoms with Crippen LogP contribution >= 0.6 is 0 Å². The van der Waals surface area contributed by atoms with Crippen LogP contribution in [0.3, 0.4) is 0 Å². The minimum absolute atomic E-state index is 0.0666. The fourth-order valence-corrected chi connectivity index (χ4v) is 6.14. The summed E-state index contributed by atoms with van der Waals surface area (Å²) in [5, 5.41) is 44.2. The average Bonchev–Trinajstić information content (AvgIpc) is 2.80. The number of aliphatic hydroxyl groups is 3. The largest absolute Gasteiger partial charge is 0.507 e. The molecule has 0 aliphatic heterocycles. The predicted octanol–water partition coefficient (Wildman–Crippen LogP) is -1.60. The standard InChI is InChI=1S/C25H29N3O9/c1-27(2)17-12-8-9-7-11-10(18(30)24(36)28(3)4)5-6-13(29)15(11)19(31)14(9)21(33)25(12,37)22(34)16(20(17)32)23(26)35/h5-6,9,12,16-17,20,29,31-32,37H,7-8H2,1-4H3,(H2,26,35)/t9-,12-,16?,17?,20?,25-/m1/s1. The van der Waals surface area contributed by atoms with Gasteiger partial charge >= 0.3 is 0 Å². The highest BCUT2D eigenvalue weighted by atomic mass is 16.3. The van der Waals surface area contributed by atoms with E-state index in [1.165, 1.54) is 25.1 Å². The maximum atomic E-state index is 13.8. The Kier molecular flexibility index (Phi) is 6.26. The molecule has 0 saturated heterocycles. The zero-order chi connectivity index (χ0) is 27.7. The van der Waals surface area contributed by atoms with E-state index in [-0.39, 0.29) is 35.1 Å². The van der Waals surface area contributed by atoms with Crippen molar-refractivity contribution in [2.45, 2.75) is 30.6 Å². The molecule has 1 aromatic carbocycles. The maximum absolute atomic E-state index is 13.8. The second kappa shape index (κ2) is 8.75. The summed E-state index contributed by atoms with van der Waals surface area (Å²) in [4.78, 5) is 67.0. The molecule has 0 spiro atoms. The van der Waals surface area contributed by atoms with E-state index in [1.807, 2.05) is 0 Å². The Bertz CT molecular complexity index is 1280. The number of nitrogens with zero attached hydrogens (tertiary/aromatic N) is 2. The third kappa shape index (κ3) is 3.58. The summed E-state index contributed by atoms with van der Waals surface area (Å²) >= 11 is 0. The molecule has 2 amide bonds. The van der Waals surface area contributed by atoms with Crippen molar-refractivity contribution in [3.63, 3.8) is 0 Å². The Hall–Kier alpha value is -3.61. The molecule has 0 bridgehead atoms. The number of likely N-dealkylation sites (N-methyl/N-ethyl adjacent to an activating group) is 2. The van der Waals surface area contributed by atoms with E-state index in [0.29, 0.717) is 0 Å². The van der Waals surface area contributed by atoms with Gasteiger partial charge in [0.25, 0.3) is 11.7 Å². The number of amides is 2. The summed E-state index contributed by atoms with van der Waals surface area (Å²) in [6, 6.07) is 1.32. The molecule has 2 fully saturated rings. The lowest BCUT2D eigenvalue weighted by atomic mass is 9.54. The number of Topliss-reactive ketones (excluding diaryl/α,β-unsaturated/α-hetero) is 3. The third-order valence-electron chi connectivity index (χ3n) is 7.82. The highest BCUT2D eigenvalue weighted by Crippen LogP contribution is 2.52. The molecule has 12 nitrogen and oxygen atoms in total. The first-order valence-electron chi connectivity index (χ1n) is 11.7. The molecule has 4 rings (SSSR count). The molecular weight excluding hydrogens is 486 g/mol. The number of carbonyl (C=O) groups excluding carboxylic acids is 5. The molecule has 1 aromatic rings. The SMILES string of the molecule is CN(C)C(=O)C(=O)c1ccc(O)c2c1C[C@@H]1C[C@@H]3C(N(C)C)C(O)C(C(N)=O)C(=O)[C@]3(O)C(=O)C1=C2O. The molecule has 12 heteroatoms. The molecule has 0 radical (unpaired) electrons. The van der Waals surface area contributed by atoms with Gasteiger partial charge in [-0.05, 0) is 50.6 Å². The molecule has 3 aliphatic carbocycles. The van der Waals surface area contributed by atoms with Crippen molar-refractivity contribution in [3.05, 3.63) is 34.4 Å². The number of aromatic hydroxyl groups is 1. The summed E-state index contributed by atoms with van der Waals surface area (Å²) in [6.45, 7) is 0. The molecule has 0 aromatic heterocycles. The summed E-state index contributed by atoms with van der Waals surface area (Å²) < 4.78 is 0. The van der Waals surface area contributed by atoms with Gasteiger partial charge in [-0.1, -0.05) is 0 Å². The Morgan fingerprint density at radius 3 is 2.24 bits per heavy atom. The number of hydrogen-bond acceptors (Lipinski definition) is 10. The molecule has 3 unspecified atom stereocenters. The van der Waals surface area contributed by atoms with Crippen LogP contribution in [0.1, 0.15) is 27.9 Å². The number of carbonyl (C=O) groups is 5. The topological polar surface area (TPSA) is 199 Å². The molecule has 0 heterocycles. The van der Waals surface area contributed by atoms with Crippen molar-refractivity contribution < 1.29 is 44.4 Å².